The van der Waals surface area contributed by atoms with E-state index in [-0.39, 0.29) is 0 Å². The van der Waals surface area contributed by atoms with Crippen LogP contribution in [-0.4, -0.2) is 0 Å². The van der Waals surface area contributed by atoms with Crippen molar-refractivity contribution in [2.45, 2.75) is 47.3 Å². The van der Waals surface area contributed by atoms with Gasteiger partial charge in [0.05, 0.1) is 0 Å². The van der Waals surface area contributed by atoms with E-state index >= 15 is 0 Å². The van der Waals surface area contributed by atoms with Crippen LogP contribution in [0.25, 0.3) is 11.1 Å². The first-order chi connectivity index (χ1) is 15.3. The molecule has 0 unspecified atom stereocenters. The molecule has 0 aliphatic rings. The predicted octanol–water partition coefficient (Wildman–Crippen LogP) is 8.05. The first-order valence-electron chi connectivity index (χ1n) is 10.6. The van der Waals surface area contributed by atoms with Crippen LogP contribution in [0.4, 0.5) is 11.4 Å². The van der Waals surface area contributed by atoms with Crippen LogP contribution in [-0.2, 0) is 0 Å². The minimum atomic E-state index is 0.793. The van der Waals surface area contributed by atoms with Gasteiger partial charge in [-0.2, -0.15) is 0 Å². The van der Waals surface area contributed by atoms with Crippen molar-refractivity contribution >= 4 is 34.9 Å². The fraction of sp³-hybridized carbons (Fsp3) is 0.143. The minimum Gasteiger partial charge on any atom is -0.399 e. The number of anilines is 2. The molecule has 0 radical (unpaired) electrons. The lowest BCUT2D eigenvalue weighted by Crippen LogP contribution is -1.96. The first-order valence-corrected chi connectivity index (χ1v) is 12.2. The van der Waals surface area contributed by atoms with Crippen molar-refractivity contribution in [2.24, 2.45) is 0 Å². The number of rotatable bonds is 5. The van der Waals surface area contributed by atoms with Crippen molar-refractivity contribution in [3.63, 3.8) is 0 Å². The maximum Gasteiger partial charge on any atom is 0.0314 e. The maximum absolute atomic E-state index is 5.82. The summed E-state index contributed by atoms with van der Waals surface area (Å²) >= 11 is 3.55. The molecule has 0 saturated heterocycles. The molecule has 0 aliphatic carbocycles. The van der Waals surface area contributed by atoms with Crippen LogP contribution in [0.5, 0.6) is 0 Å². The molecule has 0 aliphatic heterocycles. The molecule has 0 saturated carbocycles. The molecule has 0 amide bonds. The van der Waals surface area contributed by atoms with E-state index in [1.165, 1.54) is 53.0 Å². The molecule has 0 spiro atoms. The number of benzene rings is 4. The summed E-state index contributed by atoms with van der Waals surface area (Å²) in [6, 6.07) is 25.3. The minimum absolute atomic E-state index is 0.793. The van der Waals surface area contributed by atoms with Gasteiger partial charge in [0.25, 0.3) is 0 Å². The molecule has 4 aromatic rings. The zero-order valence-electron chi connectivity index (χ0n) is 18.9. The van der Waals surface area contributed by atoms with Gasteiger partial charge in [-0.3, -0.25) is 0 Å². The van der Waals surface area contributed by atoms with Crippen LogP contribution >= 0.6 is 23.5 Å². The Balaban J connectivity index is 1.65. The van der Waals surface area contributed by atoms with Crippen molar-refractivity contribution in [3.05, 3.63) is 95.1 Å². The van der Waals surface area contributed by atoms with Crippen LogP contribution in [0.1, 0.15) is 22.3 Å². The topological polar surface area (TPSA) is 52.0 Å². The molecule has 4 aromatic carbocycles. The summed E-state index contributed by atoms with van der Waals surface area (Å²) in [5, 5.41) is 0. The monoisotopic (exact) mass is 456 g/mol. The molecular weight excluding hydrogens is 428 g/mol. The van der Waals surface area contributed by atoms with E-state index in [0.717, 1.165) is 11.4 Å². The Morgan fingerprint density at radius 2 is 0.719 bits per heavy atom. The number of nitrogen functional groups attached to an aromatic ring is 2. The lowest BCUT2D eigenvalue weighted by atomic mass is 9.89. The molecule has 4 rings (SSSR count). The standard InChI is InChI=1S/C28H28N2S2/c1-17-13-25(31-23-9-5-21(29)6-10-23)14-18(2)27(17)28-19(3)15-26(16-20(28)4)32-24-11-7-22(30)8-12-24/h5-16H,29-30H2,1-4H3. The summed E-state index contributed by atoms with van der Waals surface area (Å²) in [5.41, 5.74) is 21.1. The fourth-order valence-corrected chi connectivity index (χ4v) is 6.13. The van der Waals surface area contributed by atoms with Crippen molar-refractivity contribution in [2.75, 3.05) is 11.5 Å². The van der Waals surface area contributed by atoms with Crippen LogP contribution < -0.4 is 11.5 Å². The van der Waals surface area contributed by atoms with Gasteiger partial charge in [-0.05, 0) is 134 Å². The van der Waals surface area contributed by atoms with Gasteiger partial charge in [0, 0.05) is 31.0 Å². The van der Waals surface area contributed by atoms with E-state index in [1.807, 2.05) is 24.3 Å². The Morgan fingerprint density at radius 3 is 1.00 bits per heavy atom. The van der Waals surface area contributed by atoms with E-state index in [9.17, 15) is 0 Å². The highest BCUT2D eigenvalue weighted by Gasteiger charge is 2.14. The average molecular weight is 457 g/mol. The van der Waals surface area contributed by atoms with Gasteiger partial charge < -0.3 is 11.5 Å². The van der Waals surface area contributed by atoms with Gasteiger partial charge in [0.1, 0.15) is 0 Å². The SMILES string of the molecule is Cc1cc(Sc2ccc(N)cc2)cc(C)c1-c1c(C)cc(Sc2ccc(N)cc2)cc1C. The van der Waals surface area contributed by atoms with Crippen molar-refractivity contribution in [1.29, 1.82) is 0 Å². The van der Waals surface area contributed by atoms with Gasteiger partial charge in [-0.15, -0.1) is 0 Å². The zero-order valence-corrected chi connectivity index (χ0v) is 20.5. The Labute approximate surface area is 199 Å². The fourth-order valence-electron chi connectivity index (χ4n) is 4.10. The van der Waals surface area contributed by atoms with E-state index in [4.69, 9.17) is 11.5 Å². The maximum atomic E-state index is 5.82. The smallest absolute Gasteiger partial charge is 0.0314 e. The van der Waals surface area contributed by atoms with Crippen LogP contribution in [0.15, 0.2) is 92.4 Å². The quantitative estimate of drug-likeness (QED) is 0.298. The summed E-state index contributed by atoms with van der Waals surface area (Å²) in [6.07, 6.45) is 0. The molecule has 32 heavy (non-hydrogen) atoms. The van der Waals surface area contributed by atoms with E-state index in [1.54, 1.807) is 23.5 Å². The third kappa shape index (κ3) is 4.98. The normalized spacial score (nSPS) is 11.0. The molecule has 0 atom stereocenters. The van der Waals surface area contributed by atoms with Crippen molar-refractivity contribution in [3.8, 4) is 11.1 Å². The first kappa shape index (κ1) is 22.4. The van der Waals surface area contributed by atoms with Gasteiger partial charge in [-0.25, -0.2) is 0 Å². The van der Waals surface area contributed by atoms with Gasteiger partial charge in [-0.1, -0.05) is 23.5 Å². The van der Waals surface area contributed by atoms with Gasteiger partial charge >= 0.3 is 0 Å². The second kappa shape index (κ2) is 9.35. The zero-order chi connectivity index (χ0) is 22.8. The molecule has 162 valence electrons. The van der Waals surface area contributed by atoms with Crippen molar-refractivity contribution < 1.29 is 0 Å². The van der Waals surface area contributed by atoms with E-state index in [2.05, 4.69) is 76.2 Å². The Morgan fingerprint density at radius 1 is 0.438 bits per heavy atom. The molecule has 0 aromatic heterocycles. The Hall–Kier alpha value is -2.82. The van der Waals surface area contributed by atoms with E-state index < -0.39 is 0 Å². The molecule has 4 N–H and O–H groups in total. The predicted molar refractivity (Wildman–Crippen MR) is 141 cm³/mol. The lowest BCUT2D eigenvalue weighted by molar-refractivity contribution is 1.24. The van der Waals surface area contributed by atoms with Crippen LogP contribution in [0.3, 0.4) is 0 Å². The molecular formula is C28H28N2S2. The summed E-state index contributed by atoms with van der Waals surface area (Å²) < 4.78 is 0. The molecule has 0 bridgehead atoms. The summed E-state index contributed by atoms with van der Waals surface area (Å²) in [7, 11) is 0. The number of hydrogen-bond acceptors (Lipinski definition) is 4. The van der Waals surface area contributed by atoms with Crippen LogP contribution in [0, 0.1) is 27.7 Å². The third-order valence-corrected chi connectivity index (χ3v) is 7.45. The van der Waals surface area contributed by atoms with Crippen molar-refractivity contribution in [1.82, 2.24) is 0 Å². The van der Waals surface area contributed by atoms with Gasteiger partial charge in [0.15, 0.2) is 0 Å². The Bertz CT molecular complexity index is 1110. The lowest BCUT2D eigenvalue weighted by Gasteiger charge is -2.18. The van der Waals surface area contributed by atoms with Gasteiger partial charge in [0.2, 0.25) is 0 Å². The highest BCUT2D eigenvalue weighted by molar-refractivity contribution is 7.99. The second-order valence-electron chi connectivity index (χ2n) is 8.21. The molecule has 0 fully saturated rings. The third-order valence-electron chi connectivity index (χ3n) is 5.49. The van der Waals surface area contributed by atoms with E-state index in [0.29, 0.717) is 0 Å². The molecule has 4 heteroatoms. The second-order valence-corrected chi connectivity index (χ2v) is 10.5. The summed E-state index contributed by atoms with van der Waals surface area (Å²) in [5.74, 6) is 0. The summed E-state index contributed by atoms with van der Waals surface area (Å²) in [4.78, 5) is 4.89. The summed E-state index contributed by atoms with van der Waals surface area (Å²) in [6.45, 7) is 8.85. The largest absolute Gasteiger partial charge is 0.399 e. The number of nitrogens with two attached hydrogens (primary N) is 2. The molecule has 0 heterocycles. The number of hydrogen-bond donors (Lipinski definition) is 2. The average Bonchev–Trinajstić information content (AvgIpc) is 2.73. The highest BCUT2D eigenvalue weighted by atomic mass is 32.2. The highest BCUT2D eigenvalue weighted by Crippen LogP contribution is 2.40. The molecule has 2 nitrogen and oxygen atoms in total. The number of aryl methyl sites for hydroxylation is 4. The Kier molecular flexibility index (Phi) is 6.54. The van der Waals surface area contributed by atoms with Crippen LogP contribution in [0.2, 0.25) is 0 Å².